The molecular formula is C22H16N2O5. The lowest BCUT2D eigenvalue weighted by atomic mass is 9.86. The van der Waals surface area contributed by atoms with Gasteiger partial charge in [0.05, 0.1) is 18.2 Å². The minimum atomic E-state index is -0.423. The fraction of sp³-hybridized carbons (Fsp3) is 0.136. The van der Waals surface area contributed by atoms with Crippen molar-refractivity contribution < 1.29 is 19.1 Å². The van der Waals surface area contributed by atoms with Crippen LogP contribution in [-0.4, -0.2) is 20.9 Å². The molecule has 0 amide bonds. The summed E-state index contributed by atoms with van der Waals surface area (Å²) in [5, 5.41) is 14.8. The number of benzene rings is 2. The highest BCUT2D eigenvalue weighted by molar-refractivity contribution is 5.94. The van der Waals surface area contributed by atoms with Crippen LogP contribution in [0.5, 0.6) is 11.5 Å². The van der Waals surface area contributed by atoms with Gasteiger partial charge < -0.3 is 14.3 Å². The predicted octanol–water partition coefficient (Wildman–Crippen LogP) is 3.34. The van der Waals surface area contributed by atoms with Crippen molar-refractivity contribution in [1.29, 1.82) is 0 Å². The summed E-state index contributed by atoms with van der Waals surface area (Å²) in [6.45, 7) is 0. The molecule has 5 rings (SSSR count). The minimum absolute atomic E-state index is 0.0666. The van der Waals surface area contributed by atoms with Crippen LogP contribution in [-0.2, 0) is 11.8 Å². The van der Waals surface area contributed by atoms with E-state index < -0.39 is 11.9 Å². The van der Waals surface area contributed by atoms with E-state index in [1.807, 2.05) is 24.4 Å². The number of hydrogen-bond donors (Lipinski definition) is 1. The number of rotatable bonds is 2. The van der Waals surface area contributed by atoms with Crippen LogP contribution >= 0.6 is 0 Å². The molecule has 0 bridgehead atoms. The standard InChI is InChI=1S/C22H16N2O5/c1-24-10-13(9-23-24)14-7-18(26)29-17-8-16(25)20-21(27)15(11-28-22(20)19(14)17)12-5-3-2-4-6-12/h2-6,8-11,14,25H,7H2,1H3. The quantitative estimate of drug-likeness (QED) is 0.418. The number of aromatic hydroxyl groups is 1. The van der Waals surface area contributed by atoms with Crippen LogP contribution in [0.1, 0.15) is 23.5 Å². The molecule has 0 spiro atoms. The van der Waals surface area contributed by atoms with Crippen LogP contribution in [0, 0.1) is 0 Å². The van der Waals surface area contributed by atoms with Crippen molar-refractivity contribution in [1.82, 2.24) is 9.78 Å². The molecule has 1 N–H and O–H groups in total. The molecule has 1 aliphatic rings. The van der Waals surface area contributed by atoms with Gasteiger partial charge in [0.15, 0.2) is 0 Å². The number of ether oxygens (including phenoxy) is 1. The zero-order chi connectivity index (χ0) is 20.1. The predicted molar refractivity (Wildman–Crippen MR) is 105 cm³/mol. The molecule has 0 fully saturated rings. The second-order valence-corrected chi connectivity index (χ2v) is 7.03. The molecule has 7 heteroatoms. The average Bonchev–Trinajstić information content (AvgIpc) is 3.14. The zero-order valence-electron chi connectivity index (χ0n) is 15.5. The summed E-state index contributed by atoms with van der Waals surface area (Å²) in [7, 11) is 1.78. The highest BCUT2D eigenvalue weighted by atomic mass is 16.5. The van der Waals surface area contributed by atoms with E-state index in [1.165, 1.54) is 12.3 Å². The Morgan fingerprint density at radius 2 is 2.00 bits per heavy atom. The third-order valence-corrected chi connectivity index (χ3v) is 5.18. The van der Waals surface area contributed by atoms with Gasteiger partial charge in [-0.05, 0) is 11.1 Å². The monoisotopic (exact) mass is 388 g/mol. The van der Waals surface area contributed by atoms with Gasteiger partial charge in [-0.2, -0.15) is 5.10 Å². The maximum atomic E-state index is 13.2. The normalized spacial score (nSPS) is 15.9. The summed E-state index contributed by atoms with van der Waals surface area (Å²) < 4.78 is 12.9. The number of nitrogens with zero attached hydrogens (tertiary/aromatic N) is 2. The molecule has 2 aromatic heterocycles. The Hall–Kier alpha value is -3.87. The van der Waals surface area contributed by atoms with Gasteiger partial charge in [0.1, 0.15) is 28.7 Å². The molecule has 0 radical (unpaired) electrons. The molecule has 3 heterocycles. The van der Waals surface area contributed by atoms with E-state index in [4.69, 9.17) is 9.15 Å². The van der Waals surface area contributed by atoms with Gasteiger partial charge in [0.25, 0.3) is 0 Å². The molecule has 4 aromatic rings. The average molecular weight is 388 g/mol. The molecule has 144 valence electrons. The molecule has 1 atom stereocenters. The third-order valence-electron chi connectivity index (χ3n) is 5.18. The van der Waals surface area contributed by atoms with Gasteiger partial charge in [-0.15, -0.1) is 0 Å². The van der Waals surface area contributed by atoms with E-state index in [1.54, 1.807) is 30.1 Å². The Balaban J connectivity index is 1.80. The van der Waals surface area contributed by atoms with Crippen molar-refractivity contribution in [3.05, 3.63) is 76.4 Å². The number of phenolic OH excluding ortho intramolecular Hbond substituents is 1. The third kappa shape index (κ3) is 2.70. The van der Waals surface area contributed by atoms with Crippen LogP contribution in [0.2, 0.25) is 0 Å². The lowest BCUT2D eigenvalue weighted by Gasteiger charge is -2.24. The van der Waals surface area contributed by atoms with Crippen molar-refractivity contribution in [3.8, 4) is 22.6 Å². The fourth-order valence-electron chi connectivity index (χ4n) is 3.85. The summed E-state index contributed by atoms with van der Waals surface area (Å²) >= 11 is 0. The van der Waals surface area contributed by atoms with E-state index in [2.05, 4.69) is 5.10 Å². The van der Waals surface area contributed by atoms with Gasteiger partial charge in [0.2, 0.25) is 5.43 Å². The molecule has 0 saturated carbocycles. The number of carbonyl (C=O) groups excluding carboxylic acids is 1. The molecule has 0 aliphatic carbocycles. The first-order valence-corrected chi connectivity index (χ1v) is 9.09. The number of phenols is 1. The van der Waals surface area contributed by atoms with Crippen molar-refractivity contribution in [2.45, 2.75) is 12.3 Å². The Morgan fingerprint density at radius 1 is 1.21 bits per heavy atom. The van der Waals surface area contributed by atoms with Crippen LogP contribution in [0.3, 0.4) is 0 Å². The smallest absolute Gasteiger partial charge is 0.312 e. The van der Waals surface area contributed by atoms with Crippen LogP contribution < -0.4 is 10.2 Å². The van der Waals surface area contributed by atoms with Crippen molar-refractivity contribution in [2.24, 2.45) is 7.05 Å². The summed E-state index contributed by atoms with van der Waals surface area (Å²) in [5.74, 6) is -0.914. The van der Waals surface area contributed by atoms with E-state index >= 15 is 0 Å². The number of fused-ring (bicyclic) bond motifs is 3. The maximum absolute atomic E-state index is 13.2. The van der Waals surface area contributed by atoms with Crippen molar-refractivity contribution >= 4 is 16.9 Å². The first-order chi connectivity index (χ1) is 14.0. The molecule has 2 aromatic carbocycles. The lowest BCUT2D eigenvalue weighted by Crippen LogP contribution is -2.22. The van der Waals surface area contributed by atoms with Gasteiger partial charge in [-0.25, -0.2) is 0 Å². The topological polar surface area (TPSA) is 94.6 Å². The zero-order valence-corrected chi connectivity index (χ0v) is 15.5. The van der Waals surface area contributed by atoms with E-state index in [-0.39, 0.29) is 34.3 Å². The Kier molecular flexibility index (Phi) is 3.77. The largest absolute Gasteiger partial charge is 0.507 e. The number of carbonyl (C=O) groups is 1. The maximum Gasteiger partial charge on any atom is 0.312 e. The first kappa shape index (κ1) is 17.2. The SMILES string of the molecule is Cn1cc(C2CC(=O)Oc3cc(O)c4c(=O)c(-c5ccccc5)coc4c32)cn1. The molecular weight excluding hydrogens is 372 g/mol. The summed E-state index contributed by atoms with van der Waals surface area (Å²) in [4.78, 5) is 25.3. The summed E-state index contributed by atoms with van der Waals surface area (Å²) in [6.07, 6.45) is 4.95. The Morgan fingerprint density at radius 3 is 2.72 bits per heavy atom. The molecule has 1 aliphatic heterocycles. The van der Waals surface area contributed by atoms with Gasteiger partial charge in [0, 0.05) is 30.8 Å². The van der Waals surface area contributed by atoms with E-state index in [0.717, 1.165) is 5.56 Å². The van der Waals surface area contributed by atoms with Crippen molar-refractivity contribution in [3.63, 3.8) is 0 Å². The highest BCUT2D eigenvalue weighted by Gasteiger charge is 2.34. The summed E-state index contributed by atoms with van der Waals surface area (Å²) in [5.41, 5.74) is 2.26. The Labute approximate surface area is 164 Å². The van der Waals surface area contributed by atoms with Gasteiger partial charge >= 0.3 is 5.97 Å². The molecule has 29 heavy (non-hydrogen) atoms. The first-order valence-electron chi connectivity index (χ1n) is 9.09. The highest BCUT2D eigenvalue weighted by Crippen LogP contribution is 2.45. The van der Waals surface area contributed by atoms with Crippen LogP contribution in [0.4, 0.5) is 0 Å². The second-order valence-electron chi connectivity index (χ2n) is 7.03. The molecule has 1 unspecified atom stereocenters. The van der Waals surface area contributed by atoms with Crippen LogP contribution in [0.25, 0.3) is 22.1 Å². The van der Waals surface area contributed by atoms with Crippen LogP contribution in [0.15, 0.2) is 64.3 Å². The summed E-state index contributed by atoms with van der Waals surface area (Å²) in [6, 6.07) is 10.4. The number of hydrogen-bond acceptors (Lipinski definition) is 6. The molecule has 7 nitrogen and oxygen atoms in total. The van der Waals surface area contributed by atoms with Gasteiger partial charge in [-0.1, -0.05) is 30.3 Å². The minimum Gasteiger partial charge on any atom is -0.507 e. The molecule has 0 saturated heterocycles. The second kappa shape index (κ2) is 6.34. The van der Waals surface area contributed by atoms with E-state index in [9.17, 15) is 14.7 Å². The Bertz CT molecular complexity index is 1320. The van der Waals surface area contributed by atoms with E-state index in [0.29, 0.717) is 16.7 Å². The number of aromatic nitrogens is 2. The lowest BCUT2D eigenvalue weighted by molar-refractivity contribution is -0.135. The number of esters is 1. The number of aryl methyl sites for hydroxylation is 1. The van der Waals surface area contributed by atoms with Crippen molar-refractivity contribution in [2.75, 3.05) is 0 Å². The van der Waals surface area contributed by atoms with Gasteiger partial charge in [-0.3, -0.25) is 14.3 Å². The fourth-order valence-corrected chi connectivity index (χ4v) is 3.85.